The van der Waals surface area contributed by atoms with Crippen molar-refractivity contribution in [1.29, 1.82) is 0 Å². The largest absolute Gasteiger partial charge is 0.477 e. The monoisotopic (exact) mass is 452 g/mol. The van der Waals surface area contributed by atoms with E-state index in [-0.39, 0.29) is 5.91 Å². The minimum Gasteiger partial charge on any atom is -0.477 e. The molecule has 1 amide bonds. The zero-order valence-corrected chi connectivity index (χ0v) is 18.7. The van der Waals surface area contributed by atoms with E-state index in [1.807, 2.05) is 66.4 Å². The molecule has 0 saturated carbocycles. The van der Waals surface area contributed by atoms with Crippen LogP contribution in [0.5, 0.6) is 5.75 Å². The Labute approximate surface area is 192 Å². The first-order valence-corrected chi connectivity index (χ1v) is 11.2. The number of fused-ring (bicyclic) bond motifs is 1. The number of hydrogen-bond acceptors (Lipinski definition) is 5. The maximum atomic E-state index is 13.2. The summed E-state index contributed by atoms with van der Waals surface area (Å²) in [5, 5.41) is 5.24. The molecule has 32 heavy (non-hydrogen) atoms. The number of hydrogen-bond donors (Lipinski definition) is 0. The molecular weight excluding hydrogens is 428 g/mol. The molecule has 0 N–H and O–H groups in total. The molecule has 0 aliphatic carbocycles. The summed E-state index contributed by atoms with van der Waals surface area (Å²) in [6.45, 7) is 5.25. The third-order valence-corrected chi connectivity index (χ3v) is 6.32. The van der Waals surface area contributed by atoms with Crippen molar-refractivity contribution in [1.82, 2.24) is 14.7 Å². The molecule has 1 aromatic heterocycles. The van der Waals surface area contributed by atoms with E-state index in [2.05, 4.69) is 10.00 Å². The number of nitrogens with zero attached hydrogens (tertiary/aromatic N) is 4. The molecule has 0 unspecified atom stereocenters. The van der Waals surface area contributed by atoms with Crippen LogP contribution in [0.4, 0.5) is 5.69 Å². The summed E-state index contributed by atoms with van der Waals surface area (Å²) in [5.41, 5.74) is 3.65. The van der Waals surface area contributed by atoms with Crippen LogP contribution in [-0.4, -0.2) is 59.5 Å². The zero-order valence-electron chi connectivity index (χ0n) is 17.9. The fourth-order valence-electron chi connectivity index (χ4n) is 4.21. The molecule has 7 nitrogen and oxygen atoms in total. The van der Waals surface area contributed by atoms with Crippen molar-refractivity contribution in [3.8, 4) is 11.4 Å². The number of aromatic nitrogens is 2. The van der Waals surface area contributed by atoms with Gasteiger partial charge in [0.1, 0.15) is 10.9 Å². The van der Waals surface area contributed by atoms with Crippen molar-refractivity contribution in [2.24, 2.45) is 0 Å². The van der Waals surface area contributed by atoms with Gasteiger partial charge in [0.05, 0.1) is 36.8 Å². The second kappa shape index (κ2) is 8.84. The highest BCUT2D eigenvalue weighted by Crippen LogP contribution is 2.36. The first-order valence-electron chi connectivity index (χ1n) is 10.8. The maximum Gasteiger partial charge on any atom is 0.265 e. The summed E-state index contributed by atoms with van der Waals surface area (Å²) in [5.74, 6) is 0.699. The van der Waals surface area contributed by atoms with Gasteiger partial charge in [0.25, 0.3) is 5.91 Å². The van der Waals surface area contributed by atoms with Gasteiger partial charge in [-0.25, -0.2) is 4.68 Å². The van der Waals surface area contributed by atoms with Crippen LogP contribution in [0.25, 0.3) is 5.69 Å². The van der Waals surface area contributed by atoms with Crippen LogP contribution in [0.3, 0.4) is 0 Å². The highest BCUT2D eigenvalue weighted by Gasteiger charge is 2.34. The van der Waals surface area contributed by atoms with Gasteiger partial charge in [-0.3, -0.25) is 4.79 Å². The fourth-order valence-corrected chi connectivity index (χ4v) is 4.55. The summed E-state index contributed by atoms with van der Waals surface area (Å²) >= 11 is 6.78. The normalized spacial score (nSPS) is 18.2. The average molecular weight is 453 g/mol. The van der Waals surface area contributed by atoms with Gasteiger partial charge in [-0.2, -0.15) is 5.10 Å². The lowest BCUT2D eigenvalue weighted by Crippen LogP contribution is -2.52. The number of carbonyl (C=O) groups is 1. The van der Waals surface area contributed by atoms with Gasteiger partial charge in [0, 0.05) is 25.2 Å². The summed E-state index contributed by atoms with van der Waals surface area (Å²) in [6, 6.07) is 17.6. The maximum absolute atomic E-state index is 13.2. The van der Waals surface area contributed by atoms with Crippen LogP contribution in [0.15, 0.2) is 54.6 Å². The lowest BCUT2D eigenvalue weighted by molar-refractivity contribution is -0.142. The van der Waals surface area contributed by atoms with Crippen molar-refractivity contribution < 1.29 is 14.3 Å². The summed E-state index contributed by atoms with van der Waals surface area (Å²) in [6.07, 6.45) is -0.578. The number of para-hydroxylation sites is 3. The van der Waals surface area contributed by atoms with Crippen molar-refractivity contribution in [3.63, 3.8) is 0 Å². The molecule has 5 rings (SSSR count). The standard InChI is InChI=1S/C24H25ClN4O3/c1-17-19(23(25)29(26-17)18-7-3-2-4-8-18)15-28-16-22(24(30)27-11-13-31-14-12-27)32-21-10-6-5-9-20(21)28/h2-10,22H,11-16H2,1H3/t22-/m0/s1. The Bertz CT molecular complexity index is 1110. The Balaban J connectivity index is 1.44. The van der Waals surface area contributed by atoms with Crippen molar-refractivity contribution >= 4 is 23.2 Å². The van der Waals surface area contributed by atoms with Crippen LogP contribution in [0.1, 0.15) is 11.3 Å². The molecule has 2 aliphatic rings. The topological polar surface area (TPSA) is 59.8 Å². The Morgan fingerprint density at radius 3 is 2.59 bits per heavy atom. The SMILES string of the molecule is Cc1nn(-c2ccccc2)c(Cl)c1CN1C[C@@H](C(=O)N2CCOCC2)Oc2ccccc21. The second-order valence-electron chi connectivity index (χ2n) is 7.99. The summed E-state index contributed by atoms with van der Waals surface area (Å²) < 4.78 is 13.3. The van der Waals surface area contributed by atoms with Crippen molar-refractivity contribution in [2.45, 2.75) is 19.6 Å². The van der Waals surface area contributed by atoms with Crippen molar-refractivity contribution in [2.75, 3.05) is 37.7 Å². The third kappa shape index (κ3) is 3.94. The minimum absolute atomic E-state index is 0.00407. The second-order valence-corrected chi connectivity index (χ2v) is 8.35. The highest BCUT2D eigenvalue weighted by molar-refractivity contribution is 6.30. The number of amides is 1. The van der Waals surface area contributed by atoms with Gasteiger partial charge in [-0.15, -0.1) is 0 Å². The predicted molar refractivity (Wildman–Crippen MR) is 123 cm³/mol. The highest BCUT2D eigenvalue weighted by atomic mass is 35.5. The fraction of sp³-hybridized carbons (Fsp3) is 0.333. The lowest BCUT2D eigenvalue weighted by Gasteiger charge is -2.38. The number of ether oxygens (including phenoxy) is 2. The van der Waals surface area contributed by atoms with Gasteiger partial charge in [-0.05, 0) is 31.2 Å². The van der Waals surface area contributed by atoms with Gasteiger partial charge in [0.2, 0.25) is 0 Å². The Kier molecular flexibility index (Phi) is 5.76. The molecule has 3 aromatic rings. The molecule has 0 spiro atoms. The Morgan fingerprint density at radius 2 is 1.81 bits per heavy atom. The minimum atomic E-state index is -0.578. The first-order chi connectivity index (χ1) is 15.6. The van der Waals surface area contributed by atoms with Gasteiger partial charge in [-0.1, -0.05) is 41.9 Å². The molecule has 2 aliphatic heterocycles. The van der Waals surface area contributed by atoms with Crippen LogP contribution in [-0.2, 0) is 16.1 Å². The number of aryl methyl sites for hydroxylation is 1. The van der Waals surface area contributed by atoms with E-state index >= 15 is 0 Å². The lowest BCUT2D eigenvalue weighted by atomic mass is 10.1. The van der Waals surface area contributed by atoms with E-state index in [0.29, 0.717) is 50.3 Å². The molecule has 2 aromatic carbocycles. The predicted octanol–water partition coefficient (Wildman–Crippen LogP) is 3.46. The van der Waals surface area contributed by atoms with Crippen LogP contribution in [0.2, 0.25) is 5.15 Å². The molecule has 0 radical (unpaired) electrons. The van der Waals surface area contributed by atoms with Crippen LogP contribution >= 0.6 is 11.6 Å². The molecule has 8 heteroatoms. The number of rotatable bonds is 4. The smallest absolute Gasteiger partial charge is 0.265 e. The van der Waals surface area contributed by atoms with E-state index in [9.17, 15) is 4.79 Å². The van der Waals surface area contributed by atoms with Crippen LogP contribution < -0.4 is 9.64 Å². The molecule has 166 valence electrons. The Morgan fingerprint density at radius 1 is 1.09 bits per heavy atom. The summed E-state index contributed by atoms with van der Waals surface area (Å²) in [4.78, 5) is 17.1. The summed E-state index contributed by atoms with van der Waals surface area (Å²) in [7, 11) is 0. The third-order valence-electron chi connectivity index (χ3n) is 5.93. The molecular formula is C24H25ClN4O3. The van der Waals surface area contributed by atoms with Gasteiger partial charge >= 0.3 is 0 Å². The Hall–Kier alpha value is -3.03. The average Bonchev–Trinajstić information content (AvgIpc) is 3.13. The van der Waals surface area contributed by atoms with Crippen LogP contribution in [0, 0.1) is 6.92 Å². The number of morpholine rings is 1. The number of anilines is 1. The number of carbonyl (C=O) groups excluding carboxylic acids is 1. The number of benzene rings is 2. The van der Waals surface area contributed by atoms with E-state index in [1.54, 1.807) is 4.68 Å². The molecule has 0 bridgehead atoms. The van der Waals surface area contributed by atoms with Gasteiger partial charge < -0.3 is 19.3 Å². The van der Waals surface area contributed by atoms with E-state index in [1.165, 1.54) is 0 Å². The quantitative estimate of drug-likeness (QED) is 0.606. The van der Waals surface area contributed by atoms with E-state index in [0.717, 1.165) is 22.6 Å². The molecule has 1 fully saturated rings. The van der Waals surface area contributed by atoms with E-state index in [4.69, 9.17) is 21.1 Å². The first kappa shape index (κ1) is 20.8. The zero-order chi connectivity index (χ0) is 22.1. The van der Waals surface area contributed by atoms with E-state index < -0.39 is 6.10 Å². The van der Waals surface area contributed by atoms with Crippen molar-refractivity contribution in [3.05, 3.63) is 71.0 Å². The molecule has 3 heterocycles. The number of halogens is 1. The molecule has 1 atom stereocenters. The van der Waals surface area contributed by atoms with Gasteiger partial charge in [0.15, 0.2) is 6.10 Å². The molecule has 1 saturated heterocycles.